The molecule has 4 nitrogen and oxygen atoms in total. The van der Waals surface area contributed by atoms with Crippen LogP contribution in [0, 0.1) is 0 Å². The summed E-state index contributed by atoms with van der Waals surface area (Å²) in [7, 11) is -2.83. The summed E-state index contributed by atoms with van der Waals surface area (Å²) in [6, 6.07) is 0.486. The topological polar surface area (TPSA) is 49.4 Å². The first-order chi connectivity index (χ1) is 9.38. The molecule has 2 unspecified atom stereocenters. The van der Waals surface area contributed by atoms with Crippen molar-refractivity contribution in [3.63, 3.8) is 0 Å². The molecule has 0 aromatic heterocycles. The molecule has 1 saturated carbocycles. The minimum atomic E-state index is -2.83. The molecule has 0 bridgehead atoms. The highest BCUT2D eigenvalue weighted by atomic mass is 32.2. The van der Waals surface area contributed by atoms with Gasteiger partial charge < -0.3 is 5.32 Å². The van der Waals surface area contributed by atoms with Gasteiger partial charge in [0.15, 0.2) is 9.84 Å². The van der Waals surface area contributed by atoms with Gasteiger partial charge in [-0.15, -0.1) is 0 Å². The van der Waals surface area contributed by atoms with Crippen LogP contribution < -0.4 is 5.32 Å². The van der Waals surface area contributed by atoms with Crippen molar-refractivity contribution in [1.82, 2.24) is 10.2 Å². The first-order valence-corrected chi connectivity index (χ1v) is 9.93. The highest BCUT2D eigenvalue weighted by Gasteiger charge is 2.50. The number of hydrogen-bond acceptors (Lipinski definition) is 4. The molecule has 2 atom stereocenters. The number of rotatable bonds is 2. The van der Waals surface area contributed by atoms with Crippen molar-refractivity contribution in [2.24, 2.45) is 0 Å². The lowest BCUT2D eigenvalue weighted by molar-refractivity contribution is 0.00300. The molecule has 0 amide bonds. The zero-order valence-corrected chi connectivity index (χ0v) is 13.6. The fraction of sp³-hybridized carbons (Fsp3) is 1.00. The number of nitrogens with zero attached hydrogens (tertiary/aromatic N) is 1. The van der Waals surface area contributed by atoms with Crippen molar-refractivity contribution in [3.05, 3.63) is 0 Å². The van der Waals surface area contributed by atoms with E-state index in [0.29, 0.717) is 17.5 Å². The van der Waals surface area contributed by atoms with E-state index in [1.807, 2.05) is 0 Å². The zero-order valence-electron chi connectivity index (χ0n) is 12.8. The quantitative estimate of drug-likeness (QED) is 0.841. The van der Waals surface area contributed by atoms with Gasteiger partial charge in [-0.2, -0.15) is 0 Å². The largest absolute Gasteiger partial charge is 0.308 e. The molecule has 2 aliphatic heterocycles. The van der Waals surface area contributed by atoms with Crippen molar-refractivity contribution in [3.8, 4) is 0 Å². The predicted molar refractivity (Wildman–Crippen MR) is 81.7 cm³/mol. The maximum Gasteiger partial charge on any atom is 0.152 e. The highest BCUT2D eigenvalue weighted by Crippen LogP contribution is 2.39. The molecule has 0 radical (unpaired) electrons. The van der Waals surface area contributed by atoms with Crippen molar-refractivity contribution < 1.29 is 8.42 Å². The van der Waals surface area contributed by atoms with Crippen LogP contribution in [0.15, 0.2) is 0 Å². The molecule has 1 spiro atoms. The smallest absolute Gasteiger partial charge is 0.152 e. The molecule has 3 aliphatic rings. The Labute approximate surface area is 123 Å². The van der Waals surface area contributed by atoms with Crippen molar-refractivity contribution in [1.29, 1.82) is 0 Å². The molecular formula is C15H28N2O2S. The van der Waals surface area contributed by atoms with Crippen LogP contribution in [-0.4, -0.2) is 55.0 Å². The van der Waals surface area contributed by atoms with Crippen LogP contribution in [-0.2, 0) is 9.84 Å². The number of sulfone groups is 1. The Bertz CT molecular complexity index is 470. The van der Waals surface area contributed by atoms with Gasteiger partial charge >= 0.3 is 0 Å². The van der Waals surface area contributed by atoms with E-state index in [9.17, 15) is 8.42 Å². The summed E-state index contributed by atoms with van der Waals surface area (Å²) in [5, 5.41) is 3.80. The van der Waals surface area contributed by atoms with Gasteiger partial charge in [0.1, 0.15) is 0 Å². The Morgan fingerprint density at radius 1 is 1.25 bits per heavy atom. The molecule has 3 fully saturated rings. The van der Waals surface area contributed by atoms with E-state index in [1.54, 1.807) is 0 Å². The van der Waals surface area contributed by atoms with Crippen molar-refractivity contribution in [2.45, 2.75) is 69.5 Å². The number of hydrogen-bond donors (Lipinski definition) is 1. The minimum absolute atomic E-state index is 0.142. The van der Waals surface area contributed by atoms with Crippen LogP contribution in [0.4, 0.5) is 0 Å². The fourth-order valence-electron chi connectivity index (χ4n) is 4.56. The lowest BCUT2D eigenvalue weighted by Gasteiger charge is -2.52. The molecule has 3 rings (SSSR count). The van der Waals surface area contributed by atoms with Crippen molar-refractivity contribution >= 4 is 9.84 Å². The Balaban J connectivity index is 1.84. The first-order valence-electron chi connectivity index (χ1n) is 8.10. The third-order valence-corrected chi connectivity index (χ3v) is 7.72. The number of nitrogens with one attached hydrogen (secondary N) is 1. The van der Waals surface area contributed by atoms with E-state index < -0.39 is 9.84 Å². The average molecular weight is 300 g/mol. The van der Waals surface area contributed by atoms with Gasteiger partial charge in [-0.25, -0.2) is 8.42 Å². The maximum absolute atomic E-state index is 12.0. The second-order valence-electron chi connectivity index (χ2n) is 7.40. The lowest BCUT2D eigenvalue weighted by Crippen LogP contribution is -2.68. The van der Waals surface area contributed by atoms with Gasteiger partial charge in [-0.05, 0) is 32.6 Å². The SMILES string of the molecule is CCC1CNC2(CCCC2)CN1C1(C)CCS(=O)(=O)C1. The van der Waals surface area contributed by atoms with E-state index >= 15 is 0 Å². The number of piperazine rings is 1. The van der Waals surface area contributed by atoms with E-state index in [1.165, 1.54) is 25.7 Å². The third kappa shape index (κ3) is 2.53. The summed E-state index contributed by atoms with van der Waals surface area (Å²) in [5.41, 5.74) is 0.123. The standard InChI is InChI=1S/C15H28N2O2S/c1-3-13-10-16-15(6-4-5-7-15)11-17(13)14(2)8-9-20(18,19)12-14/h13,16H,3-12H2,1-2H3. The fourth-order valence-corrected chi connectivity index (χ4v) is 6.71. The summed E-state index contributed by atoms with van der Waals surface area (Å²) in [5.74, 6) is 0.726. The molecule has 2 heterocycles. The van der Waals surface area contributed by atoms with Crippen molar-refractivity contribution in [2.75, 3.05) is 24.6 Å². The van der Waals surface area contributed by atoms with Gasteiger partial charge in [-0.1, -0.05) is 19.8 Å². The highest BCUT2D eigenvalue weighted by molar-refractivity contribution is 7.91. The Morgan fingerprint density at radius 2 is 1.95 bits per heavy atom. The maximum atomic E-state index is 12.0. The molecule has 116 valence electrons. The third-order valence-electron chi connectivity index (χ3n) is 5.83. The zero-order chi connectivity index (χ0) is 14.4. The van der Waals surface area contributed by atoms with Gasteiger partial charge in [0.25, 0.3) is 0 Å². The molecule has 2 saturated heterocycles. The Morgan fingerprint density at radius 3 is 2.50 bits per heavy atom. The molecule has 20 heavy (non-hydrogen) atoms. The van der Waals surface area contributed by atoms with Gasteiger partial charge in [0.05, 0.1) is 11.5 Å². The van der Waals surface area contributed by atoms with E-state index in [2.05, 4.69) is 24.1 Å². The van der Waals surface area contributed by atoms with Gasteiger partial charge in [0, 0.05) is 30.2 Å². The van der Waals surface area contributed by atoms with E-state index in [0.717, 1.165) is 25.9 Å². The molecule has 0 aromatic carbocycles. The Kier molecular flexibility index (Phi) is 3.67. The first kappa shape index (κ1) is 14.8. The average Bonchev–Trinajstić information content (AvgIpc) is 2.95. The monoisotopic (exact) mass is 300 g/mol. The van der Waals surface area contributed by atoms with Crippen LogP contribution in [0.3, 0.4) is 0 Å². The van der Waals surface area contributed by atoms with Crippen LogP contribution in [0.25, 0.3) is 0 Å². The summed E-state index contributed by atoms with van der Waals surface area (Å²) in [6.07, 6.45) is 7.03. The summed E-state index contributed by atoms with van der Waals surface area (Å²) < 4.78 is 23.9. The molecule has 5 heteroatoms. The van der Waals surface area contributed by atoms with Crippen LogP contribution in [0.5, 0.6) is 0 Å². The summed E-state index contributed by atoms with van der Waals surface area (Å²) in [6.45, 7) is 6.46. The van der Waals surface area contributed by atoms with E-state index in [-0.39, 0.29) is 11.1 Å². The lowest BCUT2D eigenvalue weighted by atomic mass is 9.86. The summed E-state index contributed by atoms with van der Waals surface area (Å²) in [4.78, 5) is 2.55. The molecule has 0 aromatic rings. The van der Waals surface area contributed by atoms with E-state index in [4.69, 9.17) is 0 Å². The minimum Gasteiger partial charge on any atom is -0.308 e. The molecule has 1 aliphatic carbocycles. The second-order valence-corrected chi connectivity index (χ2v) is 9.58. The predicted octanol–water partition coefficient (Wildman–Crippen LogP) is 1.56. The van der Waals surface area contributed by atoms with Crippen LogP contribution in [0.2, 0.25) is 0 Å². The van der Waals surface area contributed by atoms with Gasteiger partial charge in [0.2, 0.25) is 0 Å². The van der Waals surface area contributed by atoms with Crippen LogP contribution in [0.1, 0.15) is 52.4 Å². The Hall–Kier alpha value is -0.130. The van der Waals surface area contributed by atoms with Crippen LogP contribution >= 0.6 is 0 Å². The summed E-state index contributed by atoms with van der Waals surface area (Å²) >= 11 is 0. The molecular weight excluding hydrogens is 272 g/mol. The molecule has 1 N–H and O–H groups in total. The second kappa shape index (κ2) is 4.96. The van der Waals surface area contributed by atoms with Gasteiger partial charge in [-0.3, -0.25) is 4.90 Å². The normalized spacial score (nSPS) is 40.4.